The Morgan fingerprint density at radius 2 is 1.82 bits per heavy atom. The number of hydrogen-bond donors (Lipinski definition) is 1. The lowest BCUT2D eigenvalue weighted by Gasteiger charge is -2.26. The smallest absolute Gasteiger partial charge is 0.251 e. The maximum absolute atomic E-state index is 13.9. The molecule has 0 radical (unpaired) electrons. The molecule has 1 N–H and O–H groups in total. The van der Waals surface area contributed by atoms with Gasteiger partial charge in [-0.3, -0.25) is 4.79 Å². The normalized spacial score (nSPS) is 11.3. The summed E-state index contributed by atoms with van der Waals surface area (Å²) in [6, 6.07) is 12.5. The van der Waals surface area contributed by atoms with Gasteiger partial charge in [-0.2, -0.15) is 0 Å². The van der Waals surface area contributed by atoms with Crippen LogP contribution in [0.3, 0.4) is 0 Å². The molecule has 0 aliphatic rings. The summed E-state index contributed by atoms with van der Waals surface area (Å²) in [5, 5.41) is 2.93. The van der Waals surface area contributed by atoms with Crippen LogP contribution >= 0.6 is 0 Å². The van der Waals surface area contributed by atoms with Gasteiger partial charge in [0.05, 0.1) is 0 Å². The highest BCUT2D eigenvalue weighted by molar-refractivity contribution is 5.95. The predicted octanol–water partition coefficient (Wildman–Crippen LogP) is 4.15. The molecule has 3 heteroatoms. The van der Waals surface area contributed by atoms with Gasteiger partial charge in [0.25, 0.3) is 5.91 Å². The highest BCUT2D eigenvalue weighted by Gasteiger charge is 2.25. The van der Waals surface area contributed by atoms with Gasteiger partial charge >= 0.3 is 0 Å². The molecule has 2 rings (SSSR count). The zero-order valence-electron chi connectivity index (χ0n) is 13.5. The van der Waals surface area contributed by atoms with Gasteiger partial charge in [0.2, 0.25) is 0 Å². The first kappa shape index (κ1) is 16.2. The second-order valence-electron chi connectivity index (χ2n) is 6.36. The zero-order valence-corrected chi connectivity index (χ0v) is 13.5. The van der Waals surface area contributed by atoms with Crippen LogP contribution in [0.1, 0.15) is 40.9 Å². The summed E-state index contributed by atoms with van der Waals surface area (Å²) in [5.74, 6) is -0.362. The first-order valence-electron chi connectivity index (χ1n) is 7.42. The third-order valence-electron chi connectivity index (χ3n) is 3.93. The van der Waals surface area contributed by atoms with E-state index in [1.807, 2.05) is 52.0 Å². The molecule has 2 nitrogen and oxygen atoms in total. The van der Waals surface area contributed by atoms with Crippen molar-refractivity contribution in [2.45, 2.75) is 33.1 Å². The van der Waals surface area contributed by atoms with Gasteiger partial charge in [0.1, 0.15) is 5.82 Å². The topological polar surface area (TPSA) is 29.1 Å². The second kappa shape index (κ2) is 6.30. The Morgan fingerprint density at radius 1 is 1.14 bits per heavy atom. The van der Waals surface area contributed by atoms with E-state index in [4.69, 9.17) is 0 Å². The van der Waals surface area contributed by atoms with Gasteiger partial charge in [-0.25, -0.2) is 4.39 Å². The van der Waals surface area contributed by atoms with E-state index in [1.165, 1.54) is 6.07 Å². The number of nitrogens with one attached hydrogen (secondary N) is 1. The number of hydrogen-bond acceptors (Lipinski definition) is 1. The van der Waals surface area contributed by atoms with Gasteiger partial charge in [-0.1, -0.05) is 49.7 Å². The number of halogens is 1. The van der Waals surface area contributed by atoms with Crippen LogP contribution < -0.4 is 5.32 Å². The average molecular weight is 299 g/mol. The predicted molar refractivity (Wildman–Crippen MR) is 87.7 cm³/mol. The zero-order chi connectivity index (χ0) is 16.3. The molecule has 0 aromatic heterocycles. The van der Waals surface area contributed by atoms with E-state index in [0.29, 0.717) is 17.7 Å². The van der Waals surface area contributed by atoms with Crippen LogP contribution in [0.25, 0.3) is 0 Å². The third kappa shape index (κ3) is 3.53. The van der Waals surface area contributed by atoms with E-state index >= 15 is 0 Å². The molecule has 0 spiro atoms. The maximum Gasteiger partial charge on any atom is 0.251 e. The SMILES string of the molecule is Cc1ccc(C)c(C(=O)NCC(C)(C)c2ccccc2F)c1. The van der Waals surface area contributed by atoms with Crippen molar-refractivity contribution in [3.63, 3.8) is 0 Å². The number of aryl methyl sites for hydroxylation is 2. The van der Waals surface area contributed by atoms with Crippen LogP contribution in [0.2, 0.25) is 0 Å². The first-order chi connectivity index (χ1) is 10.3. The first-order valence-corrected chi connectivity index (χ1v) is 7.42. The Morgan fingerprint density at radius 3 is 2.50 bits per heavy atom. The summed E-state index contributed by atoms with van der Waals surface area (Å²) in [7, 11) is 0. The molecular formula is C19H22FNO. The quantitative estimate of drug-likeness (QED) is 0.903. The Hall–Kier alpha value is -2.16. The van der Waals surface area contributed by atoms with Gasteiger partial charge in [0.15, 0.2) is 0 Å². The number of carbonyl (C=O) groups is 1. The molecule has 1 amide bonds. The lowest BCUT2D eigenvalue weighted by Crippen LogP contribution is -2.37. The van der Waals surface area contributed by atoms with Crippen molar-refractivity contribution in [1.29, 1.82) is 0 Å². The molecule has 0 saturated heterocycles. The summed E-state index contributed by atoms with van der Waals surface area (Å²) < 4.78 is 13.9. The van der Waals surface area contributed by atoms with Gasteiger partial charge in [-0.15, -0.1) is 0 Å². The lowest BCUT2D eigenvalue weighted by molar-refractivity contribution is 0.0944. The van der Waals surface area contributed by atoms with Crippen LogP contribution in [0.5, 0.6) is 0 Å². The fourth-order valence-electron chi connectivity index (χ4n) is 2.48. The standard InChI is InChI=1S/C19H22FNO/c1-13-9-10-14(2)15(11-13)18(22)21-12-19(3,4)16-7-5-6-8-17(16)20/h5-11H,12H2,1-4H3,(H,21,22). The van der Waals surface area contributed by atoms with Crippen molar-refractivity contribution < 1.29 is 9.18 Å². The minimum atomic E-state index is -0.473. The number of amides is 1. The average Bonchev–Trinajstić information content (AvgIpc) is 2.47. The van der Waals surface area contributed by atoms with E-state index in [2.05, 4.69) is 5.32 Å². The molecule has 0 heterocycles. The summed E-state index contributed by atoms with van der Waals surface area (Å²) in [6.07, 6.45) is 0. The van der Waals surface area contributed by atoms with Crippen molar-refractivity contribution in [2.75, 3.05) is 6.54 Å². The molecule has 0 atom stereocenters. The van der Waals surface area contributed by atoms with Crippen molar-refractivity contribution in [3.8, 4) is 0 Å². The van der Waals surface area contributed by atoms with Crippen LogP contribution in [-0.4, -0.2) is 12.5 Å². The van der Waals surface area contributed by atoms with E-state index in [-0.39, 0.29) is 11.7 Å². The Labute approximate surface area is 131 Å². The van der Waals surface area contributed by atoms with Gasteiger partial charge in [-0.05, 0) is 37.1 Å². The molecule has 0 fully saturated rings. The molecule has 2 aromatic carbocycles. The minimum Gasteiger partial charge on any atom is -0.351 e. The number of benzene rings is 2. The summed E-state index contributed by atoms with van der Waals surface area (Å²) in [5.41, 5.74) is 2.79. The Kier molecular flexibility index (Phi) is 4.65. The van der Waals surface area contributed by atoms with Crippen molar-refractivity contribution in [3.05, 3.63) is 70.5 Å². The molecule has 0 aliphatic heterocycles. The molecule has 0 aliphatic carbocycles. The molecule has 0 saturated carbocycles. The van der Waals surface area contributed by atoms with E-state index < -0.39 is 5.41 Å². The van der Waals surface area contributed by atoms with E-state index in [1.54, 1.807) is 12.1 Å². The molecule has 0 unspecified atom stereocenters. The Bertz CT molecular complexity index is 692. The number of rotatable bonds is 4. The Balaban J connectivity index is 2.13. The second-order valence-corrected chi connectivity index (χ2v) is 6.36. The minimum absolute atomic E-state index is 0.120. The summed E-state index contributed by atoms with van der Waals surface area (Å²) in [4.78, 5) is 12.4. The highest BCUT2D eigenvalue weighted by atomic mass is 19.1. The molecular weight excluding hydrogens is 277 g/mol. The monoisotopic (exact) mass is 299 g/mol. The maximum atomic E-state index is 13.9. The van der Waals surface area contributed by atoms with Gasteiger partial charge < -0.3 is 5.32 Å². The molecule has 0 bridgehead atoms. The van der Waals surface area contributed by atoms with Crippen molar-refractivity contribution in [2.24, 2.45) is 0 Å². The highest BCUT2D eigenvalue weighted by Crippen LogP contribution is 2.25. The number of carbonyl (C=O) groups excluding carboxylic acids is 1. The van der Waals surface area contributed by atoms with Crippen LogP contribution in [0.4, 0.5) is 4.39 Å². The van der Waals surface area contributed by atoms with Crippen LogP contribution in [-0.2, 0) is 5.41 Å². The van der Waals surface area contributed by atoms with Gasteiger partial charge in [0, 0.05) is 17.5 Å². The summed E-state index contributed by atoms with van der Waals surface area (Å²) in [6.45, 7) is 8.10. The lowest BCUT2D eigenvalue weighted by atomic mass is 9.84. The largest absolute Gasteiger partial charge is 0.351 e. The molecule has 116 valence electrons. The van der Waals surface area contributed by atoms with Crippen molar-refractivity contribution in [1.82, 2.24) is 5.32 Å². The third-order valence-corrected chi connectivity index (χ3v) is 3.93. The van der Waals surface area contributed by atoms with Crippen molar-refractivity contribution >= 4 is 5.91 Å². The molecule has 22 heavy (non-hydrogen) atoms. The van der Waals surface area contributed by atoms with E-state index in [0.717, 1.165) is 11.1 Å². The fraction of sp³-hybridized carbons (Fsp3) is 0.316. The summed E-state index contributed by atoms with van der Waals surface area (Å²) >= 11 is 0. The fourth-order valence-corrected chi connectivity index (χ4v) is 2.48. The van der Waals surface area contributed by atoms with Crippen LogP contribution in [0.15, 0.2) is 42.5 Å². The van der Waals surface area contributed by atoms with E-state index in [9.17, 15) is 9.18 Å². The molecule has 2 aromatic rings. The van der Waals surface area contributed by atoms with Crippen LogP contribution in [0, 0.1) is 19.7 Å².